The summed E-state index contributed by atoms with van der Waals surface area (Å²) in [5.41, 5.74) is 5.67. The van der Waals surface area contributed by atoms with E-state index in [2.05, 4.69) is 37.2 Å². The number of amides is 2. The highest BCUT2D eigenvalue weighted by molar-refractivity contribution is 6.76. The third-order valence-electron chi connectivity index (χ3n) is 7.92. The Morgan fingerprint density at radius 2 is 1.69 bits per heavy atom. The topological polar surface area (TPSA) is 94.5 Å². The first kappa shape index (κ1) is 31.5. The van der Waals surface area contributed by atoms with Gasteiger partial charge in [0.2, 0.25) is 5.91 Å². The number of hydrogen-bond acceptors (Lipinski definition) is 5. The Morgan fingerprint density at radius 1 is 1.00 bits per heavy atom. The zero-order valence-electron chi connectivity index (χ0n) is 25.7. The van der Waals surface area contributed by atoms with Crippen LogP contribution >= 0.6 is 0 Å². The van der Waals surface area contributed by atoms with Crippen LogP contribution < -0.4 is 10.6 Å². The Labute approximate surface area is 251 Å². The number of anilines is 1. The van der Waals surface area contributed by atoms with Gasteiger partial charge in [0.1, 0.15) is 19.4 Å². The third kappa shape index (κ3) is 9.03. The first-order valence-corrected chi connectivity index (χ1v) is 18.8. The molecule has 1 heterocycles. The predicted molar refractivity (Wildman–Crippen MR) is 170 cm³/mol. The van der Waals surface area contributed by atoms with Crippen molar-refractivity contribution in [2.75, 3.05) is 11.9 Å². The first-order chi connectivity index (χ1) is 20.1. The number of hydrogen-bond donors (Lipinski definition) is 2. The zero-order valence-corrected chi connectivity index (χ0v) is 26.7. The Hall–Kier alpha value is -3.43. The summed E-state index contributed by atoms with van der Waals surface area (Å²) in [6, 6.07) is 17.8. The van der Waals surface area contributed by atoms with E-state index in [1.165, 1.54) is 0 Å². The van der Waals surface area contributed by atoms with Gasteiger partial charge in [-0.2, -0.15) is 5.10 Å². The summed E-state index contributed by atoms with van der Waals surface area (Å²) in [6.45, 7) is 12.5. The summed E-state index contributed by atoms with van der Waals surface area (Å²) in [5.74, 6) is -0.145. The lowest BCUT2D eigenvalue weighted by molar-refractivity contribution is -0.119. The summed E-state index contributed by atoms with van der Waals surface area (Å²) in [6.07, 6.45) is 4.50. The van der Waals surface area contributed by atoms with Crippen LogP contribution in [0.15, 0.2) is 54.6 Å². The molecule has 2 aromatic carbocycles. The number of benzene rings is 2. The minimum atomic E-state index is -1.14. The quantitative estimate of drug-likeness (QED) is 0.171. The van der Waals surface area contributed by atoms with Crippen LogP contribution in [0.5, 0.6) is 0 Å². The second kappa shape index (κ2) is 14.6. The van der Waals surface area contributed by atoms with E-state index in [0.717, 1.165) is 72.8 Å². The Bertz CT molecular complexity index is 1310. The van der Waals surface area contributed by atoms with E-state index >= 15 is 0 Å². The smallest absolute Gasteiger partial charge is 0.408 e. The standard InChI is InChI=1S/C33H46N4O4Si/c1-24-30(25(2)37(36-24)23-40-20-21-42(3,4)5)27-16-18-29(19-17-27)34-32(38)31(28-14-10-7-11-15-28)35-33(39)41-22-26-12-8-6-9-13-26/h6,8-9,12-13,16-19,28,31H,7,10-11,14-15,20-23H2,1-5H3,(H,34,38)(H,35,39)/t31-/m0/s1. The van der Waals surface area contributed by atoms with Crippen molar-refractivity contribution in [2.45, 2.75) is 91.0 Å². The van der Waals surface area contributed by atoms with E-state index in [1.807, 2.05) is 66.2 Å². The monoisotopic (exact) mass is 590 g/mol. The zero-order chi connectivity index (χ0) is 30.1. The van der Waals surface area contributed by atoms with Crippen molar-refractivity contribution in [1.29, 1.82) is 0 Å². The molecule has 2 amide bonds. The molecule has 226 valence electrons. The number of nitrogens with zero attached hydrogens (tertiary/aromatic N) is 2. The van der Waals surface area contributed by atoms with E-state index in [9.17, 15) is 9.59 Å². The van der Waals surface area contributed by atoms with Gasteiger partial charge in [0, 0.05) is 31.6 Å². The average Bonchev–Trinajstić information content (AvgIpc) is 3.26. The highest BCUT2D eigenvalue weighted by Crippen LogP contribution is 2.30. The lowest BCUT2D eigenvalue weighted by Crippen LogP contribution is -2.49. The molecule has 1 aliphatic rings. The van der Waals surface area contributed by atoms with E-state index in [4.69, 9.17) is 14.6 Å². The normalized spacial score (nSPS) is 14.8. The van der Waals surface area contributed by atoms with Gasteiger partial charge >= 0.3 is 6.09 Å². The highest BCUT2D eigenvalue weighted by Gasteiger charge is 2.31. The van der Waals surface area contributed by atoms with Crippen molar-refractivity contribution in [3.05, 3.63) is 71.5 Å². The van der Waals surface area contributed by atoms with Crippen molar-refractivity contribution in [3.63, 3.8) is 0 Å². The molecule has 0 unspecified atom stereocenters. The second-order valence-electron chi connectivity index (χ2n) is 12.5. The molecule has 42 heavy (non-hydrogen) atoms. The second-order valence-corrected chi connectivity index (χ2v) is 18.2. The molecule has 0 aliphatic heterocycles. The van der Waals surface area contributed by atoms with E-state index < -0.39 is 20.2 Å². The third-order valence-corrected chi connectivity index (χ3v) is 9.63. The largest absolute Gasteiger partial charge is 0.445 e. The van der Waals surface area contributed by atoms with Gasteiger partial charge in [-0.25, -0.2) is 9.48 Å². The molecule has 1 fully saturated rings. The molecule has 1 saturated carbocycles. The number of carbonyl (C=O) groups excluding carboxylic acids is 2. The number of rotatable bonds is 12. The van der Waals surface area contributed by atoms with Gasteiger partial charge in [-0.15, -0.1) is 0 Å². The molecule has 1 aromatic heterocycles. The molecular weight excluding hydrogens is 544 g/mol. The fraction of sp³-hybridized carbons (Fsp3) is 0.485. The highest BCUT2D eigenvalue weighted by atomic mass is 28.3. The number of carbonyl (C=O) groups is 2. The molecular formula is C33H46N4O4Si. The van der Waals surface area contributed by atoms with Gasteiger partial charge in [-0.1, -0.05) is 81.4 Å². The maximum Gasteiger partial charge on any atom is 0.408 e. The number of alkyl carbamates (subject to hydrolysis) is 1. The van der Waals surface area contributed by atoms with Gasteiger partial charge in [0.05, 0.1) is 5.69 Å². The molecule has 9 heteroatoms. The van der Waals surface area contributed by atoms with Crippen molar-refractivity contribution in [1.82, 2.24) is 15.1 Å². The fourth-order valence-electron chi connectivity index (χ4n) is 5.47. The number of aromatic nitrogens is 2. The first-order valence-electron chi connectivity index (χ1n) is 15.1. The summed E-state index contributed by atoms with van der Waals surface area (Å²) in [4.78, 5) is 26.2. The maximum absolute atomic E-state index is 13.5. The van der Waals surface area contributed by atoms with Crippen LogP contribution in [0.1, 0.15) is 49.1 Å². The summed E-state index contributed by atoms with van der Waals surface area (Å²) in [7, 11) is -1.14. The van der Waals surface area contributed by atoms with Crippen molar-refractivity contribution in [3.8, 4) is 11.1 Å². The number of aryl methyl sites for hydroxylation is 1. The van der Waals surface area contributed by atoms with Crippen LogP contribution in [0, 0.1) is 19.8 Å². The molecule has 0 spiro atoms. The molecule has 4 rings (SSSR count). The minimum absolute atomic E-state index is 0.0754. The van der Waals surface area contributed by atoms with E-state index in [-0.39, 0.29) is 18.4 Å². The molecule has 1 aliphatic carbocycles. The summed E-state index contributed by atoms with van der Waals surface area (Å²) >= 11 is 0. The summed E-state index contributed by atoms with van der Waals surface area (Å²) in [5, 5.41) is 10.6. The Morgan fingerprint density at radius 3 is 2.36 bits per heavy atom. The number of nitrogens with one attached hydrogen (secondary N) is 2. The Balaban J connectivity index is 1.39. The van der Waals surface area contributed by atoms with Crippen LogP contribution in [-0.2, 0) is 27.6 Å². The maximum atomic E-state index is 13.5. The molecule has 0 bridgehead atoms. The van der Waals surface area contributed by atoms with Gasteiger partial charge in [0.15, 0.2) is 0 Å². The molecule has 3 aromatic rings. The minimum Gasteiger partial charge on any atom is -0.445 e. The van der Waals surface area contributed by atoms with Gasteiger partial charge < -0.3 is 20.1 Å². The molecule has 0 radical (unpaired) electrons. The molecule has 8 nitrogen and oxygen atoms in total. The van der Waals surface area contributed by atoms with Gasteiger partial charge in [-0.3, -0.25) is 4.79 Å². The molecule has 1 atom stereocenters. The van der Waals surface area contributed by atoms with Crippen LogP contribution in [0.3, 0.4) is 0 Å². The van der Waals surface area contributed by atoms with Crippen molar-refractivity contribution in [2.24, 2.45) is 5.92 Å². The molecule has 0 saturated heterocycles. The SMILES string of the molecule is Cc1nn(COCC[Si](C)(C)C)c(C)c1-c1ccc(NC(=O)[C@@H](NC(=O)OCc2ccccc2)C2CCCCC2)cc1. The number of ether oxygens (including phenoxy) is 2. The fourth-order valence-corrected chi connectivity index (χ4v) is 6.22. The van der Waals surface area contributed by atoms with E-state index in [0.29, 0.717) is 12.4 Å². The predicted octanol–water partition coefficient (Wildman–Crippen LogP) is 7.29. The molecule has 2 N–H and O–H groups in total. The van der Waals surface area contributed by atoms with E-state index in [1.54, 1.807) is 0 Å². The lowest BCUT2D eigenvalue weighted by atomic mass is 9.83. The average molecular weight is 591 g/mol. The van der Waals surface area contributed by atoms with Gasteiger partial charge in [0.25, 0.3) is 0 Å². The van der Waals surface area contributed by atoms with Crippen LogP contribution in [0.25, 0.3) is 11.1 Å². The van der Waals surface area contributed by atoms with Crippen LogP contribution in [0.2, 0.25) is 25.7 Å². The summed E-state index contributed by atoms with van der Waals surface area (Å²) < 4.78 is 13.3. The van der Waals surface area contributed by atoms with Crippen LogP contribution in [-0.4, -0.2) is 42.5 Å². The van der Waals surface area contributed by atoms with Crippen molar-refractivity contribution >= 4 is 25.8 Å². The van der Waals surface area contributed by atoms with Crippen LogP contribution in [0.4, 0.5) is 10.5 Å². The Kier molecular flexibility index (Phi) is 11.0. The lowest BCUT2D eigenvalue weighted by Gasteiger charge is -2.29. The van der Waals surface area contributed by atoms with Crippen molar-refractivity contribution < 1.29 is 19.1 Å². The van der Waals surface area contributed by atoms with Gasteiger partial charge in [-0.05, 0) is 61.9 Å².